The third-order valence-corrected chi connectivity index (χ3v) is 3.13. The van der Waals surface area contributed by atoms with Crippen LogP contribution in [-0.2, 0) is 14.3 Å². The van der Waals surface area contributed by atoms with Crippen LogP contribution in [0.2, 0.25) is 0 Å². The Morgan fingerprint density at radius 2 is 2.05 bits per heavy atom. The van der Waals surface area contributed by atoms with Crippen LogP contribution < -0.4 is 5.32 Å². The van der Waals surface area contributed by atoms with Gasteiger partial charge >= 0.3 is 12.1 Å². The molecule has 0 aromatic rings. The molecule has 1 rings (SSSR count). The number of esters is 1. The second kappa shape index (κ2) is 6.92. The number of rotatable bonds is 4. The molecule has 1 saturated heterocycles. The number of likely N-dealkylation sites (tertiary alicyclic amines) is 1. The van der Waals surface area contributed by atoms with Gasteiger partial charge < -0.3 is 19.7 Å². The Hall–Kier alpha value is -1.30. The summed E-state index contributed by atoms with van der Waals surface area (Å²) in [5.74, 6) is -0.353. The minimum absolute atomic E-state index is 0.0784. The lowest BCUT2D eigenvalue weighted by Gasteiger charge is -2.22. The number of alkyl carbamates (subject to hydrolysis) is 1. The number of carbonyl (C=O) groups is 2. The Bertz CT molecular complexity index is 352. The Morgan fingerprint density at radius 1 is 1.40 bits per heavy atom. The first-order valence-corrected chi connectivity index (χ1v) is 7.01. The number of nitrogens with zero attached hydrogens (tertiary/aromatic N) is 1. The van der Waals surface area contributed by atoms with E-state index >= 15 is 0 Å². The Morgan fingerprint density at radius 3 is 2.60 bits per heavy atom. The Kier molecular flexibility index (Phi) is 5.80. The fourth-order valence-electron chi connectivity index (χ4n) is 2.25. The number of ether oxygens (including phenoxy) is 2. The van der Waals surface area contributed by atoms with Crippen LogP contribution in [0.1, 0.15) is 34.1 Å². The molecule has 1 aliphatic heterocycles. The molecule has 6 nitrogen and oxygen atoms in total. The Labute approximate surface area is 120 Å². The van der Waals surface area contributed by atoms with E-state index < -0.39 is 5.60 Å². The number of amides is 1. The molecule has 1 fully saturated rings. The lowest BCUT2D eigenvalue weighted by atomic mass is 10.2. The summed E-state index contributed by atoms with van der Waals surface area (Å²) >= 11 is 0. The van der Waals surface area contributed by atoms with E-state index in [9.17, 15) is 9.59 Å². The van der Waals surface area contributed by atoms with Gasteiger partial charge in [-0.2, -0.15) is 0 Å². The van der Waals surface area contributed by atoms with Crippen molar-refractivity contribution in [1.29, 1.82) is 0 Å². The lowest BCUT2D eigenvalue weighted by molar-refractivity contribution is -0.145. The van der Waals surface area contributed by atoms with E-state index in [-0.39, 0.29) is 24.0 Å². The highest BCUT2D eigenvalue weighted by Crippen LogP contribution is 2.13. The number of nitrogens with one attached hydrogen (secondary N) is 1. The van der Waals surface area contributed by atoms with E-state index in [4.69, 9.17) is 9.47 Å². The van der Waals surface area contributed by atoms with Gasteiger partial charge in [0, 0.05) is 25.7 Å². The maximum absolute atomic E-state index is 11.7. The molecule has 1 heterocycles. The van der Waals surface area contributed by atoms with Gasteiger partial charge in [-0.25, -0.2) is 4.79 Å². The number of hydrogen-bond acceptors (Lipinski definition) is 5. The highest BCUT2D eigenvalue weighted by Gasteiger charge is 2.28. The summed E-state index contributed by atoms with van der Waals surface area (Å²) in [6, 6.07) is 0.0784. The van der Waals surface area contributed by atoms with Gasteiger partial charge in [-0.3, -0.25) is 4.79 Å². The van der Waals surface area contributed by atoms with E-state index in [1.54, 1.807) is 0 Å². The first-order valence-electron chi connectivity index (χ1n) is 7.01. The monoisotopic (exact) mass is 286 g/mol. The van der Waals surface area contributed by atoms with Crippen molar-refractivity contribution in [3.8, 4) is 0 Å². The van der Waals surface area contributed by atoms with Gasteiger partial charge in [0.2, 0.25) is 0 Å². The first-order chi connectivity index (χ1) is 9.21. The van der Waals surface area contributed by atoms with Crippen LogP contribution in [0.25, 0.3) is 0 Å². The first kappa shape index (κ1) is 16.8. The molecule has 2 atom stereocenters. The summed E-state index contributed by atoms with van der Waals surface area (Å²) < 4.78 is 9.94. The summed E-state index contributed by atoms with van der Waals surface area (Å²) in [5.41, 5.74) is -0.484. The Balaban J connectivity index is 2.33. The van der Waals surface area contributed by atoms with Gasteiger partial charge in [-0.05, 0) is 27.2 Å². The van der Waals surface area contributed by atoms with Gasteiger partial charge in [0.15, 0.2) is 0 Å². The molecular formula is C14H26N2O4. The van der Waals surface area contributed by atoms with Crippen molar-refractivity contribution in [2.24, 2.45) is 5.92 Å². The summed E-state index contributed by atoms with van der Waals surface area (Å²) in [4.78, 5) is 25.2. The zero-order valence-corrected chi connectivity index (χ0v) is 13.1. The highest BCUT2D eigenvalue weighted by atomic mass is 16.6. The third kappa shape index (κ3) is 5.77. The average molecular weight is 286 g/mol. The van der Waals surface area contributed by atoms with Crippen LogP contribution in [0.5, 0.6) is 0 Å². The molecule has 6 heteroatoms. The maximum atomic E-state index is 11.7. The van der Waals surface area contributed by atoms with Gasteiger partial charge in [0.25, 0.3) is 0 Å². The molecule has 1 N–H and O–H groups in total. The summed E-state index contributed by atoms with van der Waals surface area (Å²) in [6.07, 6.45) is 0.484. The van der Waals surface area contributed by atoms with Crippen LogP contribution in [0.15, 0.2) is 0 Å². The van der Waals surface area contributed by atoms with Crippen LogP contribution in [0.3, 0.4) is 0 Å². The van der Waals surface area contributed by atoms with Crippen molar-refractivity contribution >= 4 is 12.1 Å². The normalized spacial score (nSPS) is 21.4. The molecule has 1 aliphatic rings. The van der Waals surface area contributed by atoms with Crippen molar-refractivity contribution < 1.29 is 19.1 Å². The van der Waals surface area contributed by atoms with Crippen molar-refractivity contribution in [3.63, 3.8) is 0 Å². The molecule has 0 unspecified atom stereocenters. The fraction of sp³-hybridized carbons (Fsp3) is 0.857. The SMILES string of the molecule is COC(=O)[C@@H](C)CN1CC[C@@H](NC(=O)OC(C)(C)C)C1. The predicted octanol–water partition coefficient (Wildman–Crippen LogP) is 1.39. The summed E-state index contributed by atoms with van der Waals surface area (Å²) in [7, 11) is 1.40. The van der Waals surface area contributed by atoms with Crippen molar-refractivity contribution in [1.82, 2.24) is 10.2 Å². The average Bonchev–Trinajstić information content (AvgIpc) is 2.72. The van der Waals surface area contributed by atoms with Gasteiger partial charge in [-0.15, -0.1) is 0 Å². The molecule has 116 valence electrons. The molecule has 0 aliphatic carbocycles. The van der Waals surface area contributed by atoms with E-state index in [1.807, 2.05) is 27.7 Å². The predicted molar refractivity (Wildman–Crippen MR) is 75.4 cm³/mol. The van der Waals surface area contributed by atoms with Gasteiger partial charge in [0.1, 0.15) is 5.60 Å². The van der Waals surface area contributed by atoms with Crippen molar-refractivity contribution in [2.45, 2.75) is 45.8 Å². The molecule has 0 radical (unpaired) electrons. The summed E-state index contributed by atoms with van der Waals surface area (Å²) in [5, 5.41) is 2.86. The standard InChI is InChI=1S/C14H26N2O4/c1-10(12(17)19-5)8-16-7-6-11(9-16)15-13(18)20-14(2,3)4/h10-11H,6-9H2,1-5H3,(H,15,18)/t10-,11+/m0/s1. The van der Waals surface area contributed by atoms with E-state index in [2.05, 4.69) is 10.2 Å². The van der Waals surface area contributed by atoms with Crippen LogP contribution in [0.4, 0.5) is 4.79 Å². The van der Waals surface area contributed by atoms with E-state index in [1.165, 1.54) is 7.11 Å². The van der Waals surface area contributed by atoms with Crippen molar-refractivity contribution in [2.75, 3.05) is 26.7 Å². The largest absolute Gasteiger partial charge is 0.469 e. The smallest absolute Gasteiger partial charge is 0.407 e. The molecular weight excluding hydrogens is 260 g/mol. The second-order valence-corrected chi connectivity index (χ2v) is 6.32. The zero-order chi connectivity index (χ0) is 15.3. The molecule has 0 bridgehead atoms. The highest BCUT2D eigenvalue weighted by molar-refractivity contribution is 5.72. The van der Waals surface area contributed by atoms with E-state index in [0.717, 1.165) is 19.5 Å². The molecule has 20 heavy (non-hydrogen) atoms. The van der Waals surface area contributed by atoms with Crippen LogP contribution in [-0.4, -0.2) is 55.3 Å². The lowest BCUT2D eigenvalue weighted by Crippen LogP contribution is -2.41. The molecule has 1 amide bonds. The number of carbonyl (C=O) groups excluding carboxylic acids is 2. The molecule has 0 spiro atoms. The zero-order valence-electron chi connectivity index (χ0n) is 13.1. The van der Waals surface area contributed by atoms with Crippen LogP contribution >= 0.6 is 0 Å². The second-order valence-electron chi connectivity index (χ2n) is 6.32. The minimum atomic E-state index is -0.484. The minimum Gasteiger partial charge on any atom is -0.469 e. The van der Waals surface area contributed by atoms with Gasteiger partial charge in [-0.1, -0.05) is 6.92 Å². The molecule has 0 saturated carbocycles. The van der Waals surface area contributed by atoms with Crippen molar-refractivity contribution in [3.05, 3.63) is 0 Å². The topological polar surface area (TPSA) is 67.9 Å². The fourth-order valence-corrected chi connectivity index (χ4v) is 2.25. The van der Waals surface area contributed by atoms with Crippen LogP contribution in [0, 0.1) is 5.92 Å². The number of hydrogen-bond donors (Lipinski definition) is 1. The quantitative estimate of drug-likeness (QED) is 0.791. The molecule has 0 aromatic carbocycles. The summed E-state index contributed by atoms with van der Waals surface area (Å²) in [6.45, 7) is 9.62. The third-order valence-electron chi connectivity index (χ3n) is 3.13. The number of methoxy groups -OCH3 is 1. The van der Waals surface area contributed by atoms with Gasteiger partial charge in [0.05, 0.1) is 13.0 Å². The molecule has 0 aromatic heterocycles. The maximum Gasteiger partial charge on any atom is 0.407 e. The van der Waals surface area contributed by atoms with E-state index in [0.29, 0.717) is 6.54 Å².